The fraction of sp³-hybridized carbons (Fsp3) is 0.273. The van der Waals surface area contributed by atoms with E-state index in [1.807, 2.05) is 31.5 Å². The van der Waals surface area contributed by atoms with Gasteiger partial charge in [0.15, 0.2) is 0 Å². The quantitative estimate of drug-likeness (QED) is 0.627. The van der Waals surface area contributed by atoms with Crippen molar-refractivity contribution in [1.29, 1.82) is 0 Å². The van der Waals surface area contributed by atoms with Crippen molar-refractivity contribution in [2.24, 2.45) is 5.84 Å². The van der Waals surface area contributed by atoms with E-state index < -0.39 is 0 Å². The van der Waals surface area contributed by atoms with Crippen LogP contribution < -0.4 is 11.3 Å². The third-order valence-electron chi connectivity index (χ3n) is 2.49. The second-order valence-electron chi connectivity index (χ2n) is 3.62. The number of nitrogens with two attached hydrogens (primary N) is 1. The second-order valence-corrected chi connectivity index (χ2v) is 4.69. The predicted molar refractivity (Wildman–Crippen MR) is 65.0 cm³/mol. The molecule has 2 aromatic heterocycles. The first-order chi connectivity index (χ1) is 7.72. The van der Waals surface area contributed by atoms with Crippen LogP contribution in [0.4, 0.5) is 0 Å². The lowest BCUT2D eigenvalue weighted by Crippen LogP contribution is -2.29. The molecule has 2 heterocycles. The van der Waals surface area contributed by atoms with Crippen LogP contribution in [0.15, 0.2) is 23.8 Å². The van der Waals surface area contributed by atoms with Gasteiger partial charge in [-0.05, 0) is 31.0 Å². The number of nitrogens with zero attached hydrogens (tertiary/aromatic N) is 2. The molecule has 3 N–H and O–H groups in total. The molecule has 4 nitrogen and oxygen atoms in total. The van der Waals surface area contributed by atoms with E-state index in [0.717, 1.165) is 21.8 Å². The molecule has 0 aliphatic rings. The summed E-state index contributed by atoms with van der Waals surface area (Å²) in [7, 11) is 0. The van der Waals surface area contributed by atoms with Crippen molar-refractivity contribution < 1.29 is 0 Å². The summed E-state index contributed by atoms with van der Waals surface area (Å²) in [5, 5.41) is 3.06. The Morgan fingerprint density at radius 3 is 2.81 bits per heavy atom. The fourth-order valence-electron chi connectivity index (χ4n) is 1.63. The van der Waals surface area contributed by atoms with Crippen LogP contribution in [0.2, 0.25) is 0 Å². The highest BCUT2D eigenvalue weighted by Gasteiger charge is 2.17. The van der Waals surface area contributed by atoms with E-state index in [1.165, 1.54) is 0 Å². The Bertz CT molecular complexity index is 480. The van der Waals surface area contributed by atoms with Gasteiger partial charge in [0, 0.05) is 17.8 Å². The van der Waals surface area contributed by atoms with Gasteiger partial charge in [-0.15, -0.1) is 11.3 Å². The molecule has 16 heavy (non-hydrogen) atoms. The number of pyridine rings is 1. The summed E-state index contributed by atoms with van der Waals surface area (Å²) in [6.07, 6.45) is 3.60. The highest BCUT2D eigenvalue weighted by atomic mass is 32.1. The summed E-state index contributed by atoms with van der Waals surface area (Å²) in [6.45, 7) is 4.03. The molecular formula is C11H14N4S. The molecular weight excluding hydrogens is 220 g/mol. The first-order valence-electron chi connectivity index (χ1n) is 5.01. The van der Waals surface area contributed by atoms with Gasteiger partial charge in [-0.3, -0.25) is 10.8 Å². The third-order valence-corrected chi connectivity index (χ3v) is 3.28. The van der Waals surface area contributed by atoms with Crippen molar-refractivity contribution in [3.8, 4) is 0 Å². The van der Waals surface area contributed by atoms with Crippen LogP contribution in [0.5, 0.6) is 0 Å². The molecule has 84 valence electrons. The first kappa shape index (κ1) is 11.2. The lowest BCUT2D eigenvalue weighted by molar-refractivity contribution is 0.618. The summed E-state index contributed by atoms with van der Waals surface area (Å²) in [5.41, 5.74) is 5.96. The van der Waals surface area contributed by atoms with Gasteiger partial charge in [0.2, 0.25) is 0 Å². The molecule has 0 aliphatic heterocycles. The maximum Gasteiger partial charge on any atom is 0.0907 e. The fourth-order valence-corrected chi connectivity index (χ4v) is 2.26. The van der Waals surface area contributed by atoms with Crippen molar-refractivity contribution in [3.05, 3.63) is 45.7 Å². The van der Waals surface area contributed by atoms with Gasteiger partial charge >= 0.3 is 0 Å². The summed E-state index contributed by atoms with van der Waals surface area (Å²) in [4.78, 5) is 8.57. The Balaban J connectivity index is 2.40. The topological polar surface area (TPSA) is 63.8 Å². The molecule has 0 amide bonds. The highest BCUT2D eigenvalue weighted by Crippen LogP contribution is 2.24. The van der Waals surface area contributed by atoms with Gasteiger partial charge in [-0.2, -0.15) is 0 Å². The molecule has 0 radical (unpaired) electrons. The summed E-state index contributed by atoms with van der Waals surface area (Å²) in [6, 6.07) is 1.89. The van der Waals surface area contributed by atoms with Crippen LogP contribution >= 0.6 is 11.3 Å². The molecule has 1 atom stereocenters. The Morgan fingerprint density at radius 1 is 1.44 bits per heavy atom. The van der Waals surface area contributed by atoms with Gasteiger partial charge in [0.1, 0.15) is 0 Å². The van der Waals surface area contributed by atoms with E-state index in [0.29, 0.717) is 0 Å². The summed E-state index contributed by atoms with van der Waals surface area (Å²) < 4.78 is 0. The van der Waals surface area contributed by atoms with Crippen LogP contribution in [0.25, 0.3) is 0 Å². The molecule has 0 saturated heterocycles. The Morgan fingerprint density at radius 2 is 2.25 bits per heavy atom. The predicted octanol–water partition coefficient (Wildman–Crippen LogP) is 1.71. The molecule has 5 heteroatoms. The number of rotatable bonds is 3. The van der Waals surface area contributed by atoms with Crippen LogP contribution in [0.1, 0.15) is 27.9 Å². The molecule has 0 spiro atoms. The smallest absolute Gasteiger partial charge is 0.0907 e. The number of hydrogen-bond acceptors (Lipinski definition) is 5. The lowest BCUT2D eigenvalue weighted by atomic mass is 10.0. The molecule has 0 saturated carbocycles. The molecule has 0 fully saturated rings. The van der Waals surface area contributed by atoms with E-state index in [-0.39, 0.29) is 6.04 Å². The molecule has 2 aromatic rings. The molecule has 2 rings (SSSR count). The minimum absolute atomic E-state index is 0.0846. The Hall–Kier alpha value is -1.30. The van der Waals surface area contributed by atoms with Gasteiger partial charge < -0.3 is 0 Å². The molecule has 0 aliphatic carbocycles. The molecule has 0 bridgehead atoms. The zero-order valence-corrected chi connectivity index (χ0v) is 10.1. The number of nitrogens with one attached hydrogen (secondary N) is 1. The van der Waals surface area contributed by atoms with Crippen molar-refractivity contribution in [3.63, 3.8) is 0 Å². The zero-order chi connectivity index (χ0) is 11.5. The van der Waals surface area contributed by atoms with Crippen molar-refractivity contribution in [1.82, 2.24) is 15.4 Å². The number of hydrazine groups is 1. The van der Waals surface area contributed by atoms with Gasteiger partial charge in [-0.1, -0.05) is 0 Å². The Kier molecular flexibility index (Phi) is 3.28. The lowest BCUT2D eigenvalue weighted by Gasteiger charge is -2.15. The van der Waals surface area contributed by atoms with Gasteiger partial charge in [0.25, 0.3) is 0 Å². The summed E-state index contributed by atoms with van der Waals surface area (Å²) >= 11 is 1.62. The number of hydrogen-bond donors (Lipinski definition) is 2. The summed E-state index contributed by atoms with van der Waals surface area (Å²) in [5.74, 6) is 5.60. The van der Waals surface area contributed by atoms with Crippen LogP contribution in [-0.2, 0) is 0 Å². The molecule has 1 unspecified atom stereocenters. The Labute approximate surface area is 98.5 Å². The van der Waals surface area contributed by atoms with E-state index in [4.69, 9.17) is 5.84 Å². The average molecular weight is 234 g/mol. The van der Waals surface area contributed by atoms with Crippen LogP contribution in [-0.4, -0.2) is 9.97 Å². The largest absolute Gasteiger partial charge is 0.271 e. The number of thiazole rings is 1. The number of aryl methyl sites for hydroxylation is 2. The zero-order valence-electron chi connectivity index (χ0n) is 9.27. The normalized spacial score (nSPS) is 12.7. The van der Waals surface area contributed by atoms with E-state index in [2.05, 4.69) is 15.4 Å². The SMILES string of the molecule is Cc1nc(C(NN)c2cnccc2C)cs1. The van der Waals surface area contributed by atoms with E-state index in [1.54, 1.807) is 17.5 Å². The van der Waals surface area contributed by atoms with Crippen molar-refractivity contribution in [2.45, 2.75) is 19.9 Å². The highest BCUT2D eigenvalue weighted by molar-refractivity contribution is 7.09. The monoisotopic (exact) mass is 234 g/mol. The second kappa shape index (κ2) is 4.69. The minimum atomic E-state index is -0.0846. The van der Waals surface area contributed by atoms with Crippen LogP contribution in [0.3, 0.4) is 0 Å². The van der Waals surface area contributed by atoms with Gasteiger partial charge in [0.05, 0.1) is 16.7 Å². The van der Waals surface area contributed by atoms with Crippen molar-refractivity contribution in [2.75, 3.05) is 0 Å². The standard InChI is InChI=1S/C11H14N4S/c1-7-3-4-13-5-9(7)11(15-12)10-6-16-8(2)14-10/h3-6,11,15H,12H2,1-2H3. The first-order valence-corrected chi connectivity index (χ1v) is 5.89. The van der Waals surface area contributed by atoms with Gasteiger partial charge in [-0.25, -0.2) is 10.4 Å². The average Bonchev–Trinajstić information content (AvgIpc) is 2.69. The van der Waals surface area contributed by atoms with Crippen molar-refractivity contribution >= 4 is 11.3 Å². The van der Waals surface area contributed by atoms with Crippen LogP contribution in [0, 0.1) is 13.8 Å². The maximum atomic E-state index is 5.60. The van der Waals surface area contributed by atoms with E-state index in [9.17, 15) is 0 Å². The molecule has 0 aromatic carbocycles. The maximum absolute atomic E-state index is 5.60. The number of aromatic nitrogens is 2. The van der Waals surface area contributed by atoms with E-state index >= 15 is 0 Å². The minimum Gasteiger partial charge on any atom is -0.271 e. The third kappa shape index (κ3) is 2.11.